The number of alkyl halides is 3. The highest BCUT2D eigenvalue weighted by Gasteiger charge is 2.37. The van der Waals surface area contributed by atoms with E-state index >= 15 is 0 Å². The predicted octanol–water partition coefficient (Wildman–Crippen LogP) is 3.89. The summed E-state index contributed by atoms with van der Waals surface area (Å²) in [5, 5.41) is 9.78. The molecule has 1 saturated heterocycles. The fraction of sp³-hybridized carbons (Fsp3) is 0.438. The van der Waals surface area contributed by atoms with Crippen molar-refractivity contribution in [3.05, 3.63) is 45.4 Å². The van der Waals surface area contributed by atoms with Gasteiger partial charge in [-0.15, -0.1) is 21.5 Å². The third-order valence-corrected chi connectivity index (χ3v) is 5.06. The Bertz CT molecular complexity index is 744. The van der Waals surface area contributed by atoms with E-state index in [2.05, 4.69) is 10.2 Å². The molecular weight excluding hydrogens is 339 g/mol. The van der Waals surface area contributed by atoms with Crippen LogP contribution in [0.25, 0.3) is 0 Å². The van der Waals surface area contributed by atoms with Gasteiger partial charge in [0.2, 0.25) is 0 Å². The number of piperidine rings is 1. The van der Waals surface area contributed by atoms with Crippen LogP contribution in [-0.2, 0) is 6.18 Å². The molecule has 128 valence electrons. The van der Waals surface area contributed by atoms with Crippen molar-refractivity contribution < 1.29 is 18.0 Å². The molecular formula is C16H16F3N3OS. The van der Waals surface area contributed by atoms with Gasteiger partial charge in [-0.05, 0) is 31.9 Å². The largest absolute Gasteiger partial charge is 0.417 e. The number of aromatic nitrogens is 2. The van der Waals surface area contributed by atoms with Crippen LogP contribution in [0, 0.1) is 6.92 Å². The number of aryl methyl sites for hydroxylation is 1. The van der Waals surface area contributed by atoms with Gasteiger partial charge >= 0.3 is 6.18 Å². The lowest BCUT2D eigenvalue weighted by Gasteiger charge is -2.32. The molecule has 0 N–H and O–H groups in total. The molecule has 0 radical (unpaired) electrons. The maximum Gasteiger partial charge on any atom is 0.417 e. The minimum absolute atomic E-state index is 0.0342. The van der Waals surface area contributed by atoms with Gasteiger partial charge in [0.25, 0.3) is 5.91 Å². The van der Waals surface area contributed by atoms with E-state index in [0.29, 0.717) is 13.1 Å². The molecule has 0 aliphatic carbocycles. The summed E-state index contributed by atoms with van der Waals surface area (Å²) in [7, 11) is 0. The van der Waals surface area contributed by atoms with E-state index in [4.69, 9.17) is 0 Å². The number of benzene rings is 1. The molecule has 1 aromatic heterocycles. The molecule has 8 heteroatoms. The van der Waals surface area contributed by atoms with Crippen LogP contribution in [0.1, 0.15) is 44.7 Å². The van der Waals surface area contributed by atoms with E-state index in [1.165, 1.54) is 34.4 Å². The second-order valence-electron chi connectivity index (χ2n) is 5.79. The van der Waals surface area contributed by atoms with Gasteiger partial charge in [0.1, 0.15) is 10.0 Å². The van der Waals surface area contributed by atoms with Crippen molar-refractivity contribution in [2.45, 2.75) is 31.9 Å². The van der Waals surface area contributed by atoms with Gasteiger partial charge < -0.3 is 4.90 Å². The number of carbonyl (C=O) groups is 1. The molecule has 4 nitrogen and oxygen atoms in total. The zero-order valence-electron chi connectivity index (χ0n) is 13.0. The Balaban J connectivity index is 1.83. The minimum atomic E-state index is -4.54. The van der Waals surface area contributed by atoms with Gasteiger partial charge in [0, 0.05) is 19.0 Å². The highest BCUT2D eigenvalue weighted by atomic mass is 32.1. The minimum Gasteiger partial charge on any atom is -0.338 e. The summed E-state index contributed by atoms with van der Waals surface area (Å²) in [6, 6.07) is 4.94. The van der Waals surface area contributed by atoms with Gasteiger partial charge in [0.15, 0.2) is 0 Å². The summed E-state index contributed by atoms with van der Waals surface area (Å²) in [5.74, 6) is -0.541. The average molecular weight is 355 g/mol. The van der Waals surface area contributed by atoms with Gasteiger partial charge in [0.05, 0.1) is 11.1 Å². The van der Waals surface area contributed by atoms with Crippen LogP contribution in [0.5, 0.6) is 0 Å². The molecule has 1 aromatic carbocycles. The first-order valence-corrected chi connectivity index (χ1v) is 8.43. The van der Waals surface area contributed by atoms with Crippen molar-refractivity contribution in [2.24, 2.45) is 0 Å². The lowest BCUT2D eigenvalue weighted by molar-refractivity contribution is -0.138. The van der Waals surface area contributed by atoms with Crippen molar-refractivity contribution in [3.63, 3.8) is 0 Å². The standard InChI is InChI=1S/C16H16F3N3OS/c1-10-20-21-14(24-10)11-5-4-8-22(9-11)15(23)12-6-2-3-7-13(12)16(17,18)19/h2-3,6-7,11H,4-5,8-9H2,1H3/t11-/m1/s1. The molecule has 1 amide bonds. The number of hydrogen-bond acceptors (Lipinski definition) is 4. The second kappa shape index (κ2) is 6.51. The average Bonchev–Trinajstić information content (AvgIpc) is 3.00. The lowest BCUT2D eigenvalue weighted by atomic mass is 9.97. The highest BCUT2D eigenvalue weighted by molar-refractivity contribution is 7.11. The smallest absolute Gasteiger partial charge is 0.338 e. The number of carbonyl (C=O) groups excluding carboxylic acids is 1. The maximum absolute atomic E-state index is 13.1. The third kappa shape index (κ3) is 3.43. The summed E-state index contributed by atoms with van der Waals surface area (Å²) < 4.78 is 39.4. The molecule has 0 spiro atoms. The molecule has 0 unspecified atom stereocenters. The predicted molar refractivity (Wildman–Crippen MR) is 84.0 cm³/mol. The van der Waals surface area contributed by atoms with Crippen molar-refractivity contribution in [3.8, 4) is 0 Å². The normalized spacial score (nSPS) is 18.7. The number of halogens is 3. The SMILES string of the molecule is Cc1nnc([C@@H]2CCCN(C(=O)c3ccccc3C(F)(F)F)C2)s1. The van der Waals surface area contributed by atoms with Gasteiger partial charge in [-0.1, -0.05) is 12.1 Å². The molecule has 0 bridgehead atoms. The second-order valence-corrected chi connectivity index (χ2v) is 7.01. The third-order valence-electron chi connectivity index (χ3n) is 4.06. The summed E-state index contributed by atoms with van der Waals surface area (Å²) in [6.07, 6.45) is -2.94. The van der Waals surface area contributed by atoms with E-state index < -0.39 is 17.6 Å². The summed E-state index contributed by atoms with van der Waals surface area (Å²) in [6.45, 7) is 2.69. The van der Waals surface area contributed by atoms with Crippen molar-refractivity contribution in [2.75, 3.05) is 13.1 Å². The van der Waals surface area contributed by atoms with Gasteiger partial charge in [-0.2, -0.15) is 13.2 Å². The van der Waals surface area contributed by atoms with Gasteiger partial charge in [-0.25, -0.2) is 0 Å². The Morgan fingerprint density at radius 1 is 1.29 bits per heavy atom. The molecule has 1 fully saturated rings. The molecule has 2 aromatic rings. The van der Waals surface area contributed by atoms with E-state index in [1.807, 2.05) is 6.92 Å². The first-order valence-electron chi connectivity index (χ1n) is 7.62. The van der Waals surface area contributed by atoms with E-state index in [-0.39, 0.29) is 11.5 Å². The van der Waals surface area contributed by atoms with Crippen LogP contribution >= 0.6 is 11.3 Å². The van der Waals surface area contributed by atoms with Crippen molar-refractivity contribution >= 4 is 17.2 Å². The fourth-order valence-corrected chi connectivity index (χ4v) is 3.75. The van der Waals surface area contributed by atoms with Gasteiger partial charge in [-0.3, -0.25) is 4.79 Å². The molecule has 3 rings (SSSR count). The first kappa shape index (κ1) is 16.9. The van der Waals surface area contributed by atoms with Crippen molar-refractivity contribution in [1.29, 1.82) is 0 Å². The topological polar surface area (TPSA) is 46.1 Å². The Kier molecular flexibility index (Phi) is 4.58. The zero-order chi connectivity index (χ0) is 17.3. The number of amides is 1. The van der Waals surface area contributed by atoms with Crippen molar-refractivity contribution in [1.82, 2.24) is 15.1 Å². The monoisotopic (exact) mass is 355 g/mol. The number of rotatable bonds is 2. The van der Waals surface area contributed by atoms with E-state index in [0.717, 1.165) is 28.9 Å². The Morgan fingerprint density at radius 3 is 2.71 bits per heavy atom. The Hall–Kier alpha value is -1.96. The van der Waals surface area contributed by atoms with Crippen LogP contribution in [0.2, 0.25) is 0 Å². The van der Waals surface area contributed by atoms with Crippen LogP contribution in [0.4, 0.5) is 13.2 Å². The van der Waals surface area contributed by atoms with Crippen LogP contribution in [0.3, 0.4) is 0 Å². The number of hydrogen-bond donors (Lipinski definition) is 0. The first-order chi connectivity index (χ1) is 11.4. The van der Waals surface area contributed by atoms with Crippen LogP contribution < -0.4 is 0 Å². The van der Waals surface area contributed by atoms with E-state index in [9.17, 15) is 18.0 Å². The quantitative estimate of drug-likeness (QED) is 0.821. The molecule has 2 heterocycles. The number of likely N-dealkylation sites (tertiary alicyclic amines) is 1. The maximum atomic E-state index is 13.1. The lowest BCUT2D eigenvalue weighted by Crippen LogP contribution is -2.39. The molecule has 0 saturated carbocycles. The Labute approximate surface area is 141 Å². The van der Waals surface area contributed by atoms with E-state index in [1.54, 1.807) is 0 Å². The summed E-state index contributed by atoms with van der Waals surface area (Å²) >= 11 is 1.47. The summed E-state index contributed by atoms with van der Waals surface area (Å²) in [4.78, 5) is 14.1. The number of nitrogens with zero attached hydrogens (tertiary/aromatic N) is 3. The Morgan fingerprint density at radius 2 is 2.04 bits per heavy atom. The molecule has 1 atom stereocenters. The zero-order valence-corrected chi connectivity index (χ0v) is 13.8. The molecule has 1 aliphatic heterocycles. The van der Waals surface area contributed by atoms with Crippen LogP contribution in [-0.4, -0.2) is 34.1 Å². The van der Waals surface area contributed by atoms with Crippen LogP contribution in [0.15, 0.2) is 24.3 Å². The fourth-order valence-electron chi connectivity index (χ4n) is 2.93. The molecule has 1 aliphatic rings. The highest BCUT2D eigenvalue weighted by Crippen LogP contribution is 2.34. The summed E-state index contributed by atoms with van der Waals surface area (Å²) in [5.41, 5.74) is -1.18. The molecule has 24 heavy (non-hydrogen) atoms.